The summed E-state index contributed by atoms with van der Waals surface area (Å²) in [6.07, 6.45) is 3.35. The molecule has 2 unspecified atom stereocenters. The summed E-state index contributed by atoms with van der Waals surface area (Å²) in [7, 11) is 0. The molecule has 1 aromatic heterocycles. The number of pyridine rings is 1. The first-order chi connectivity index (χ1) is 12.2. The molecule has 26 heavy (non-hydrogen) atoms. The van der Waals surface area contributed by atoms with Crippen molar-refractivity contribution in [2.75, 3.05) is 13.1 Å². The van der Waals surface area contributed by atoms with Crippen LogP contribution in [0.1, 0.15) is 45.6 Å². The van der Waals surface area contributed by atoms with Gasteiger partial charge in [0, 0.05) is 24.2 Å². The van der Waals surface area contributed by atoms with Crippen LogP contribution in [0.4, 0.5) is 4.39 Å². The molecule has 0 amide bonds. The molecule has 3 heterocycles. The van der Waals surface area contributed by atoms with Crippen molar-refractivity contribution in [3.8, 4) is 0 Å². The van der Waals surface area contributed by atoms with Crippen LogP contribution in [0.5, 0.6) is 0 Å². The first-order valence-electron chi connectivity index (χ1n) is 9.50. The van der Waals surface area contributed by atoms with Crippen LogP contribution >= 0.6 is 0 Å². The van der Waals surface area contributed by atoms with Crippen molar-refractivity contribution >= 4 is 10.9 Å². The lowest BCUT2D eigenvalue weighted by molar-refractivity contribution is -0.0466. The number of halogens is 1. The Balaban J connectivity index is 1.78. The molecular formula is C21H27FN2O2. The zero-order chi connectivity index (χ0) is 18.7. The lowest BCUT2D eigenvalue weighted by atomic mass is 9.79. The number of likely N-dealkylation sites (tertiary alicyclic amines) is 1. The van der Waals surface area contributed by atoms with E-state index in [9.17, 15) is 14.3 Å². The van der Waals surface area contributed by atoms with Crippen molar-refractivity contribution in [1.29, 1.82) is 0 Å². The van der Waals surface area contributed by atoms with Crippen molar-refractivity contribution in [1.82, 2.24) is 9.47 Å². The van der Waals surface area contributed by atoms with Gasteiger partial charge in [0.15, 0.2) is 0 Å². The molecular weight excluding hydrogens is 331 g/mol. The number of nitrogens with zero attached hydrogens (tertiary/aromatic N) is 2. The van der Waals surface area contributed by atoms with Crippen molar-refractivity contribution in [3.05, 3.63) is 46.0 Å². The van der Waals surface area contributed by atoms with Crippen molar-refractivity contribution in [2.45, 2.75) is 58.2 Å². The molecule has 1 aromatic carbocycles. The molecule has 0 saturated carbocycles. The minimum Gasteiger partial charge on any atom is -0.382 e. The zero-order valence-electron chi connectivity index (χ0n) is 15.8. The maximum Gasteiger partial charge on any atom is 0.251 e. The van der Waals surface area contributed by atoms with Crippen LogP contribution in [0.3, 0.4) is 0 Å². The smallest absolute Gasteiger partial charge is 0.251 e. The Morgan fingerprint density at radius 2 is 1.96 bits per heavy atom. The number of hydrogen-bond donors (Lipinski definition) is 1. The number of β-amino-alcohol motifs (C(OH)–C–C–N with tert-alkyl or cyclic N) is 1. The summed E-state index contributed by atoms with van der Waals surface area (Å²) in [5.41, 5.74) is -0.650. The average molecular weight is 358 g/mol. The highest BCUT2D eigenvalue weighted by atomic mass is 19.1. The maximum absolute atomic E-state index is 14.8. The molecule has 0 aliphatic carbocycles. The molecule has 0 radical (unpaired) electrons. The number of rotatable bonds is 2. The second-order valence-corrected chi connectivity index (χ2v) is 9.00. The van der Waals surface area contributed by atoms with Crippen molar-refractivity contribution in [2.24, 2.45) is 5.41 Å². The molecule has 1 saturated heterocycles. The third-order valence-corrected chi connectivity index (χ3v) is 6.06. The Kier molecular flexibility index (Phi) is 4.01. The molecule has 140 valence electrons. The Labute approximate surface area is 153 Å². The summed E-state index contributed by atoms with van der Waals surface area (Å²) in [5.74, 6) is -0.429. The van der Waals surface area contributed by atoms with E-state index in [0.29, 0.717) is 18.1 Å². The monoisotopic (exact) mass is 358 g/mol. The van der Waals surface area contributed by atoms with Gasteiger partial charge in [-0.25, -0.2) is 4.39 Å². The first kappa shape index (κ1) is 17.7. The molecule has 2 aliphatic heterocycles. The molecule has 1 N–H and O–H groups in total. The molecule has 1 fully saturated rings. The highest BCUT2D eigenvalue weighted by Crippen LogP contribution is 2.41. The largest absolute Gasteiger partial charge is 0.382 e. The van der Waals surface area contributed by atoms with E-state index in [1.807, 2.05) is 0 Å². The normalized spacial score (nSPS) is 26.6. The van der Waals surface area contributed by atoms with Crippen LogP contribution in [-0.4, -0.2) is 33.7 Å². The van der Waals surface area contributed by atoms with E-state index < -0.39 is 11.4 Å². The molecule has 4 rings (SSSR count). The SMILES string of the molecule is CC(C)(C)C1CCCCN1CC1(O)Cn2c(=O)ccc3ccc(F)c1c32. The van der Waals surface area contributed by atoms with E-state index in [4.69, 9.17) is 0 Å². The highest BCUT2D eigenvalue weighted by Gasteiger charge is 2.45. The van der Waals surface area contributed by atoms with Crippen molar-refractivity contribution in [3.63, 3.8) is 0 Å². The van der Waals surface area contributed by atoms with Gasteiger partial charge in [0.2, 0.25) is 0 Å². The third-order valence-electron chi connectivity index (χ3n) is 6.06. The number of aromatic nitrogens is 1. The van der Waals surface area contributed by atoms with Crippen molar-refractivity contribution < 1.29 is 9.50 Å². The summed E-state index contributed by atoms with van der Waals surface area (Å²) in [6.45, 7) is 8.02. The van der Waals surface area contributed by atoms with Crippen LogP contribution in [-0.2, 0) is 12.1 Å². The Hall–Kier alpha value is -1.72. The average Bonchev–Trinajstić information content (AvgIpc) is 2.88. The predicted octanol–water partition coefficient (Wildman–Crippen LogP) is 3.24. The quantitative estimate of drug-likeness (QED) is 0.896. The summed E-state index contributed by atoms with van der Waals surface area (Å²) in [4.78, 5) is 14.6. The fourth-order valence-corrected chi connectivity index (χ4v) is 4.94. The van der Waals surface area contributed by atoms with E-state index in [0.717, 1.165) is 24.8 Å². The lowest BCUT2D eigenvalue weighted by Gasteiger charge is -2.46. The van der Waals surface area contributed by atoms with Gasteiger partial charge in [0.05, 0.1) is 12.1 Å². The molecule has 2 aromatic rings. The molecule has 0 spiro atoms. The Morgan fingerprint density at radius 1 is 1.23 bits per heavy atom. The van der Waals surface area contributed by atoms with Gasteiger partial charge in [0.1, 0.15) is 11.4 Å². The fraction of sp³-hybridized carbons (Fsp3) is 0.571. The van der Waals surface area contributed by atoms with Gasteiger partial charge in [0.25, 0.3) is 5.56 Å². The summed E-state index contributed by atoms with van der Waals surface area (Å²) in [6, 6.07) is 6.62. The third kappa shape index (κ3) is 2.69. The zero-order valence-corrected chi connectivity index (χ0v) is 15.8. The minimum atomic E-state index is -1.38. The van der Waals surface area contributed by atoms with E-state index in [-0.39, 0.29) is 23.1 Å². The van der Waals surface area contributed by atoms with Crippen LogP contribution in [0.2, 0.25) is 0 Å². The van der Waals surface area contributed by atoms with Crippen LogP contribution in [0.15, 0.2) is 29.1 Å². The highest BCUT2D eigenvalue weighted by molar-refractivity contribution is 5.84. The van der Waals surface area contributed by atoms with E-state index in [2.05, 4.69) is 25.7 Å². The first-order valence-corrected chi connectivity index (χ1v) is 9.50. The Bertz CT molecular complexity index is 915. The number of hydrogen-bond acceptors (Lipinski definition) is 3. The van der Waals surface area contributed by atoms with E-state index in [1.165, 1.54) is 23.1 Å². The van der Waals surface area contributed by atoms with Gasteiger partial charge in [-0.15, -0.1) is 0 Å². The van der Waals surface area contributed by atoms with Gasteiger partial charge >= 0.3 is 0 Å². The number of piperidine rings is 1. The van der Waals surface area contributed by atoms with Gasteiger partial charge < -0.3 is 9.67 Å². The molecule has 4 nitrogen and oxygen atoms in total. The fourth-order valence-electron chi connectivity index (χ4n) is 4.94. The summed E-state index contributed by atoms with van der Waals surface area (Å²) < 4.78 is 16.3. The maximum atomic E-state index is 14.8. The Morgan fingerprint density at radius 3 is 2.69 bits per heavy atom. The molecule has 0 bridgehead atoms. The summed E-state index contributed by atoms with van der Waals surface area (Å²) >= 11 is 0. The number of benzene rings is 1. The van der Waals surface area contributed by atoms with Gasteiger partial charge in [-0.2, -0.15) is 0 Å². The van der Waals surface area contributed by atoms with Crippen LogP contribution in [0, 0.1) is 11.2 Å². The van der Waals surface area contributed by atoms with Gasteiger partial charge in [-0.3, -0.25) is 9.69 Å². The molecule has 5 heteroatoms. The van der Waals surface area contributed by atoms with E-state index in [1.54, 1.807) is 12.1 Å². The minimum absolute atomic E-state index is 0.0869. The summed E-state index contributed by atoms with van der Waals surface area (Å²) in [5, 5.41) is 12.3. The van der Waals surface area contributed by atoms with Crippen LogP contribution < -0.4 is 5.56 Å². The lowest BCUT2D eigenvalue weighted by Crippen LogP contribution is -2.53. The second-order valence-electron chi connectivity index (χ2n) is 9.00. The molecule has 2 atom stereocenters. The van der Waals surface area contributed by atoms with Crippen LogP contribution in [0.25, 0.3) is 10.9 Å². The van der Waals surface area contributed by atoms with Gasteiger partial charge in [-0.1, -0.05) is 27.2 Å². The van der Waals surface area contributed by atoms with Gasteiger partial charge in [-0.05, 0) is 48.4 Å². The molecule has 2 aliphatic rings. The standard InChI is InChI=1S/C21H27FN2O2/c1-20(2,3)16-6-4-5-11-23(16)12-21(26)13-24-17(25)10-8-14-7-9-15(22)18(21)19(14)24/h7-10,16,26H,4-6,11-13H2,1-3H3. The predicted molar refractivity (Wildman–Crippen MR) is 101 cm³/mol. The topological polar surface area (TPSA) is 45.5 Å². The second kappa shape index (κ2) is 5.89. The van der Waals surface area contributed by atoms with E-state index >= 15 is 0 Å². The number of aliphatic hydroxyl groups is 1.